The van der Waals surface area contributed by atoms with E-state index in [4.69, 9.17) is 4.74 Å². The summed E-state index contributed by atoms with van der Waals surface area (Å²) in [6.07, 6.45) is 0.944. The average molecular weight is 396 g/mol. The van der Waals surface area contributed by atoms with Crippen LogP contribution in [0.25, 0.3) is 0 Å². The minimum absolute atomic E-state index is 0.102. The second-order valence-electron chi connectivity index (χ2n) is 6.78. The summed E-state index contributed by atoms with van der Waals surface area (Å²) < 4.78 is 5.67. The van der Waals surface area contributed by atoms with Gasteiger partial charge in [-0.05, 0) is 31.0 Å². The minimum Gasteiger partial charge on any atom is -0.444 e. The topological polar surface area (TPSA) is 75.7 Å². The summed E-state index contributed by atoms with van der Waals surface area (Å²) in [6, 6.07) is 14.1. The van der Waals surface area contributed by atoms with Gasteiger partial charge >= 0.3 is 5.97 Å². The van der Waals surface area contributed by atoms with Gasteiger partial charge in [-0.3, -0.25) is 9.59 Å². The molecular weight excluding hydrogens is 376 g/mol. The lowest BCUT2D eigenvalue weighted by Gasteiger charge is -2.24. The number of carbonyl (C=O) groups is 3. The van der Waals surface area contributed by atoms with E-state index in [-0.39, 0.29) is 11.8 Å². The number of carbonyl (C=O) groups excluding carboxylic acids is 3. The molecule has 1 atom stereocenters. The van der Waals surface area contributed by atoms with Gasteiger partial charge in [0.05, 0.1) is 17.0 Å². The van der Waals surface area contributed by atoms with Gasteiger partial charge in [0.15, 0.2) is 0 Å². The SMILES string of the molecule is O=C1CSc2ccc(C(=O)O[C@@H](C(=O)N3CCCC3)c3ccccc3)cc2N1. The van der Waals surface area contributed by atoms with Gasteiger partial charge in [-0.2, -0.15) is 0 Å². The van der Waals surface area contributed by atoms with Gasteiger partial charge < -0.3 is 15.0 Å². The van der Waals surface area contributed by atoms with Gasteiger partial charge in [0, 0.05) is 23.5 Å². The van der Waals surface area contributed by atoms with E-state index >= 15 is 0 Å². The van der Waals surface area contributed by atoms with E-state index in [9.17, 15) is 14.4 Å². The van der Waals surface area contributed by atoms with Crippen LogP contribution >= 0.6 is 11.8 Å². The number of fused-ring (bicyclic) bond motifs is 1. The van der Waals surface area contributed by atoms with Crippen LogP contribution in [0.15, 0.2) is 53.4 Å². The van der Waals surface area contributed by atoms with E-state index in [1.807, 2.05) is 18.2 Å². The number of nitrogens with zero attached hydrogens (tertiary/aromatic N) is 1. The van der Waals surface area contributed by atoms with Crippen LogP contribution in [0.1, 0.15) is 34.9 Å². The fourth-order valence-corrected chi connectivity index (χ4v) is 4.17. The number of benzene rings is 2. The van der Waals surface area contributed by atoms with Crippen molar-refractivity contribution in [3.63, 3.8) is 0 Å². The van der Waals surface area contributed by atoms with Crippen LogP contribution in [0.3, 0.4) is 0 Å². The first kappa shape index (κ1) is 18.6. The maximum absolute atomic E-state index is 13.0. The minimum atomic E-state index is -0.980. The van der Waals surface area contributed by atoms with E-state index in [0.29, 0.717) is 35.7 Å². The Bertz CT molecular complexity index is 910. The molecule has 0 aromatic heterocycles. The maximum Gasteiger partial charge on any atom is 0.339 e. The van der Waals surface area contributed by atoms with Gasteiger partial charge in [0.1, 0.15) is 0 Å². The number of nitrogens with one attached hydrogen (secondary N) is 1. The van der Waals surface area contributed by atoms with Crippen LogP contribution in [-0.2, 0) is 14.3 Å². The average Bonchev–Trinajstić information content (AvgIpc) is 3.26. The van der Waals surface area contributed by atoms with Crippen LogP contribution < -0.4 is 5.32 Å². The fraction of sp³-hybridized carbons (Fsp3) is 0.286. The van der Waals surface area contributed by atoms with Gasteiger partial charge in [-0.15, -0.1) is 11.8 Å². The molecule has 7 heteroatoms. The number of thioether (sulfide) groups is 1. The van der Waals surface area contributed by atoms with Crippen LogP contribution in [0.4, 0.5) is 5.69 Å². The van der Waals surface area contributed by atoms with E-state index < -0.39 is 12.1 Å². The summed E-state index contributed by atoms with van der Waals surface area (Å²) in [5, 5.41) is 2.76. The molecule has 1 fully saturated rings. The number of hydrogen-bond acceptors (Lipinski definition) is 5. The van der Waals surface area contributed by atoms with Crippen molar-refractivity contribution in [2.75, 3.05) is 24.2 Å². The van der Waals surface area contributed by atoms with E-state index in [2.05, 4.69) is 5.32 Å². The van der Waals surface area contributed by atoms with Crippen LogP contribution in [0, 0.1) is 0 Å². The molecule has 28 heavy (non-hydrogen) atoms. The Morgan fingerprint density at radius 1 is 1.07 bits per heavy atom. The third kappa shape index (κ3) is 3.89. The van der Waals surface area contributed by atoms with Gasteiger partial charge in [-0.1, -0.05) is 30.3 Å². The maximum atomic E-state index is 13.0. The normalized spacial score (nSPS) is 16.9. The predicted molar refractivity (Wildman–Crippen MR) is 106 cm³/mol. The van der Waals surface area contributed by atoms with Crippen molar-refractivity contribution in [2.24, 2.45) is 0 Å². The molecule has 0 spiro atoms. The highest BCUT2D eigenvalue weighted by Crippen LogP contribution is 2.33. The number of esters is 1. The van der Waals surface area contributed by atoms with Crippen molar-refractivity contribution in [1.29, 1.82) is 0 Å². The van der Waals surface area contributed by atoms with Crippen molar-refractivity contribution in [1.82, 2.24) is 4.90 Å². The predicted octanol–water partition coefficient (Wildman–Crippen LogP) is 3.25. The number of ether oxygens (including phenoxy) is 1. The lowest BCUT2D eigenvalue weighted by molar-refractivity contribution is -0.140. The van der Waals surface area contributed by atoms with Crippen molar-refractivity contribution in [2.45, 2.75) is 23.8 Å². The Hall–Kier alpha value is -2.80. The largest absolute Gasteiger partial charge is 0.444 e. The quantitative estimate of drug-likeness (QED) is 0.803. The number of amides is 2. The Kier molecular flexibility index (Phi) is 5.34. The molecule has 0 radical (unpaired) electrons. The molecule has 2 aromatic rings. The third-order valence-electron chi connectivity index (χ3n) is 4.82. The standard InChI is InChI=1S/C21H20N2O4S/c24-18-13-28-17-9-8-15(12-16(17)22-18)21(26)27-19(14-6-2-1-3-7-14)20(25)23-10-4-5-11-23/h1-3,6-9,12,19H,4-5,10-11,13H2,(H,22,24)/t19-/m1/s1. The molecular formula is C21H20N2O4S. The van der Waals surface area contributed by atoms with E-state index in [1.165, 1.54) is 11.8 Å². The molecule has 1 saturated heterocycles. The first-order valence-electron chi connectivity index (χ1n) is 9.23. The molecule has 2 aromatic carbocycles. The summed E-state index contributed by atoms with van der Waals surface area (Å²) in [6.45, 7) is 1.36. The molecule has 0 unspecified atom stereocenters. The summed E-state index contributed by atoms with van der Waals surface area (Å²) >= 11 is 1.42. The fourth-order valence-electron chi connectivity index (χ4n) is 3.38. The molecule has 6 nitrogen and oxygen atoms in total. The Balaban J connectivity index is 1.58. The van der Waals surface area contributed by atoms with Crippen molar-refractivity contribution >= 4 is 35.2 Å². The highest BCUT2D eigenvalue weighted by Gasteiger charge is 2.31. The van der Waals surface area contributed by atoms with Crippen LogP contribution in [0.2, 0.25) is 0 Å². The summed E-state index contributed by atoms with van der Waals surface area (Å²) in [7, 11) is 0. The summed E-state index contributed by atoms with van der Waals surface area (Å²) in [4.78, 5) is 40.0. The second kappa shape index (κ2) is 8.06. The highest BCUT2D eigenvalue weighted by molar-refractivity contribution is 8.00. The highest BCUT2D eigenvalue weighted by atomic mass is 32.2. The lowest BCUT2D eigenvalue weighted by Crippen LogP contribution is -2.34. The molecule has 0 bridgehead atoms. The van der Waals surface area contributed by atoms with Gasteiger partial charge in [-0.25, -0.2) is 4.79 Å². The monoisotopic (exact) mass is 396 g/mol. The number of rotatable bonds is 4. The zero-order valence-electron chi connectivity index (χ0n) is 15.2. The van der Waals surface area contributed by atoms with Crippen molar-refractivity contribution in [3.8, 4) is 0 Å². The first-order chi connectivity index (χ1) is 13.6. The third-order valence-corrected chi connectivity index (χ3v) is 5.89. The zero-order valence-corrected chi connectivity index (χ0v) is 16.0. The molecule has 2 aliphatic rings. The van der Waals surface area contributed by atoms with Crippen LogP contribution in [-0.4, -0.2) is 41.5 Å². The molecule has 4 rings (SSSR count). The molecule has 2 heterocycles. The molecule has 2 aliphatic heterocycles. The summed E-state index contributed by atoms with van der Waals surface area (Å²) in [5.74, 6) is -0.528. The summed E-state index contributed by atoms with van der Waals surface area (Å²) in [5.41, 5.74) is 1.55. The second-order valence-corrected chi connectivity index (χ2v) is 7.79. The van der Waals surface area contributed by atoms with E-state index in [1.54, 1.807) is 35.2 Å². The number of hydrogen-bond donors (Lipinski definition) is 1. The van der Waals surface area contributed by atoms with Crippen LogP contribution in [0.5, 0.6) is 0 Å². The van der Waals surface area contributed by atoms with Gasteiger partial charge in [0.25, 0.3) is 5.91 Å². The first-order valence-corrected chi connectivity index (χ1v) is 10.2. The lowest BCUT2D eigenvalue weighted by atomic mass is 10.1. The van der Waals surface area contributed by atoms with Crippen molar-refractivity contribution in [3.05, 3.63) is 59.7 Å². The molecule has 2 amide bonds. The van der Waals surface area contributed by atoms with E-state index in [0.717, 1.165) is 17.7 Å². The Labute approximate surface area is 167 Å². The van der Waals surface area contributed by atoms with Gasteiger partial charge in [0.2, 0.25) is 12.0 Å². The number of anilines is 1. The zero-order chi connectivity index (χ0) is 19.5. The molecule has 0 aliphatic carbocycles. The smallest absolute Gasteiger partial charge is 0.339 e. The molecule has 0 saturated carbocycles. The molecule has 1 N–H and O–H groups in total. The number of likely N-dealkylation sites (tertiary alicyclic amines) is 1. The Morgan fingerprint density at radius 2 is 1.82 bits per heavy atom. The Morgan fingerprint density at radius 3 is 2.57 bits per heavy atom. The molecule has 144 valence electrons. The van der Waals surface area contributed by atoms with Crippen molar-refractivity contribution < 1.29 is 19.1 Å².